The fourth-order valence-corrected chi connectivity index (χ4v) is 6.46. The highest BCUT2D eigenvalue weighted by molar-refractivity contribution is 6.00. The van der Waals surface area contributed by atoms with Crippen LogP contribution in [0.2, 0.25) is 0 Å². The minimum atomic E-state index is 0.0501. The van der Waals surface area contributed by atoms with Gasteiger partial charge in [0, 0.05) is 17.3 Å². The summed E-state index contributed by atoms with van der Waals surface area (Å²) in [5.74, 6) is 0.112. The van der Waals surface area contributed by atoms with Gasteiger partial charge in [-0.2, -0.15) is 0 Å². The summed E-state index contributed by atoms with van der Waals surface area (Å²) in [6.07, 6.45) is 5.27. The highest BCUT2D eigenvalue weighted by Gasteiger charge is 2.49. The molecule has 3 atom stereocenters. The predicted octanol–water partition coefficient (Wildman–Crippen LogP) is 6.10. The topological polar surface area (TPSA) is 26.8 Å². The molecule has 0 bridgehead atoms. The Morgan fingerprint density at radius 2 is 1.31 bits per heavy atom. The van der Waals surface area contributed by atoms with Gasteiger partial charge >= 0.3 is 0 Å². The summed E-state index contributed by atoms with van der Waals surface area (Å²) in [5, 5.41) is 0. The van der Waals surface area contributed by atoms with Crippen LogP contribution >= 0.6 is 0 Å². The molecule has 3 heterocycles. The van der Waals surface area contributed by atoms with Gasteiger partial charge in [0.1, 0.15) is 0 Å². The normalized spacial score (nSPS) is 26.2. The van der Waals surface area contributed by atoms with E-state index in [4.69, 9.17) is 0 Å². The molecule has 3 aliphatic rings. The standard InChI is InChI=1S/C31H31N3O/c1-4-21-19-27-24-17-11-12-18-25(24)31(35)34(27)20-26(21)30-32(2)28(22-13-7-5-8-14-22)29(33(30)3)23-15-9-6-10-16-23/h4-18,20,27-30H,19H2,1-3H3/b21-4+/t27-,28-,29-/m0/s1. The van der Waals surface area contributed by atoms with E-state index in [2.05, 4.69) is 110 Å². The lowest BCUT2D eigenvalue weighted by Gasteiger charge is -2.37. The van der Waals surface area contributed by atoms with Crippen molar-refractivity contribution >= 4 is 5.91 Å². The summed E-state index contributed by atoms with van der Waals surface area (Å²) in [6.45, 7) is 2.12. The number of carbonyl (C=O) groups excluding carboxylic acids is 1. The summed E-state index contributed by atoms with van der Waals surface area (Å²) in [7, 11) is 4.45. The number of benzene rings is 3. The largest absolute Gasteiger partial charge is 0.307 e. The van der Waals surface area contributed by atoms with Crippen LogP contribution in [0.4, 0.5) is 0 Å². The molecule has 0 N–H and O–H groups in total. The molecule has 1 saturated heterocycles. The molecule has 35 heavy (non-hydrogen) atoms. The third kappa shape index (κ3) is 3.40. The molecule has 3 aromatic rings. The number of hydrogen-bond donors (Lipinski definition) is 0. The van der Waals surface area contributed by atoms with Crippen molar-refractivity contribution in [1.29, 1.82) is 0 Å². The first kappa shape index (κ1) is 22.0. The smallest absolute Gasteiger partial charge is 0.258 e. The van der Waals surface area contributed by atoms with E-state index in [1.165, 1.54) is 22.3 Å². The average molecular weight is 462 g/mol. The number of nitrogens with zero attached hydrogens (tertiary/aromatic N) is 3. The summed E-state index contributed by atoms with van der Waals surface area (Å²) in [4.78, 5) is 20.3. The van der Waals surface area contributed by atoms with Crippen LogP contribution in [0.5, 0.6) is 0 Å². The third-order valence-electron chi connectivity index (χ3n) is 8.04. The van der Waals surface area contributed by atoms with E-state index < -0.39 is 0 Å². The second-order valence-corrected chi connectivity index (χ2v) is 9.83. The first-order valence-corrected chi connectivity index (χ1v) is 12.4. The highest BCUT2D eigenvalue weighted by Crippen LogP contribution is 2.51. The van der Waals surface area contributed by atoms with Gasteiger partial charge in [-0.25, -0.2) is 0 Å². The molecule has 0 aliphatic carbocycles. The fourth-order valence-electron chi connectivity index (χ4n) is 6.46. The fraction of sp³-hybridized carbons (Fsp3) is 0.258. The van der Waals surface area contributed by atoms with Crippen molar-refractivity contribution in [3.63, 3.8) is 0 Å². The Bertz CT molecular complexity index is 1260. The second-order valence-electron chi connectivity index (χ2n) is 9.83. The van der Waals surface area contributed by atoms with Crippen LogP contribution in [0.15, 0.2) is 108 Å². The van der Waals surface area contributed by atoms with Gasteiger partial charge in [0.05, 0.1) is 24.3 Å². The van der Waals surface area contributed by atoms with Crippen molar-refractivity contribution in [3.05, 3.63) is 131 Å². The molecule has 0 radical (unpaired) electrons. The Kier molecular flexibility index (Phi) is 5.43. The molecule has 4 nitrogen and oxygen atoms in total. The Morgan fingerprint density at radius 1 is 0.771 bits per heavy atom. The number of fused-ring (bicyclic) bond motifs is 3. The van der Waals surface area contributed by atoms with Gasteiger partial charge in [0.15, 0.2) is 0 Å². The molecule has 0 spiro atoms. The van der Waals surface area contributed by atoms with Gasteiger partial charge in [-0.15, -0.1) is 0 Å². The molecule has 3 aliphatic heterocycles. The van der Waals surface area contributed by atoms with Crippen molar-refractivity contribution in [2.75, 3.05) is 14.1 Å². The molecule has 1 amide bonds. The Labute approximate surface area is 207 Å². The number of likely N-dealkylation sites (N-methyl/N-ethyl adjacent to an activating group) is 2. The summed E-state index contributed by atoms with van der Waals surface area (Å²) in [5.41, 5.74) is 7.13. The molecule has 0 unspecified atom stereocenters. The van der Waals surface area contributed by atoms with E-state index in [-0.39, 0.29) is 30.2 Å². The molecule has 1 fully saturated rings. The number of rotatable bonds is 3. The molecular formula is C31H31N3O. The average Bonchev–Trinajstić information content (AvgIpc) is 3.33. The van der Waals surface area contributed by atoms with Gasteiger partial charge < -0.3 is 4.90 Å². The maximum absolute atomic E-state index is 13.4. The molecule has 6 rings (SSSR count). The van der Waals surface area contributed by atoms with Crippen LogP contribution in [0.25, 0.3) is 0 Å². The number of amides is 1. The van der Waals surface area contributed by atoms with Crippen molar-refractivity contribution in [2.24, 2.45) is 0 Å². The zero-order chi connectivity index (χ0) is 24.1. The van der Waals surface area contributed by atoms with Gasteiger partial charge in [0.25, 0.3) is 5.91 Å². The zero-order valence-corrected chi connectivity index (χ0v) is 20.5. The maximum Gasteiger partial charge on any atom is 0.258 e. The van der Waals surface area contributed by atoms with E-state index in [0.717, 1.165) is 17.5 Å². The first-order valence-electron chi connectivity index (χ1n) is 12.4. The monoisotopic (exact) mass is 461 g/mol. The molecule has 3 aromatic carbocycles. The highest BCUT2D eigenvalue weighted by atomic mass is 16.2. The molecule has 176 valence electrons. The lowest BCUT2D eigenvalue weighted by Crippen LogP contribution is -2.40. The van der Waals surface area contributed by atoms with Crippen molar-refractivity contribution < 1.29 is 4.79 Å². The summed E-state index contributed by atoms with van der Waals surface area (Å²) >= 11 is 0. The van der Waals surface area contributed by atoms with E-state index in [9.17, 15) is 4.79 Å². The Hall–Kier alpha value is -3.47. The zero-order valence-electron chi connectivity index (χ0n) is 20.5. The quantitative estimate of drug-likeness (QED) is 0.471. The lowest BCUT2D eigenvalue weighted by atomic mass is 9.89. The van der Waals surface area contributed by atoms with E-state index >= 15 is 0 Å². The SMILES string of the molecule is C/C=C1\C[C@H]2c3ccccc3C(=O)N2C=C1C1N(C)[C@@H](c2ccccc2)[C@H](c2ccccc2)N1C. The van der Waals surface area contributed by atoms with Crippen molar-refractivity contribution in [3.8, 4) is 0 Å². The maximum atomic E-state index is 13.4. The van der Waals surface area contributed by atoms with Crippen molar-refractivity contribution in [1.82, 2.24) is 14.7 Å². The van der Waals surface area contributed by atoms with E-state index in [1.807, 2.05) is 23.1 Å². The molecule has 0 aromatic heterocycles. The van der Waals surface area contributed by atoms with Gasteiger partial charge in [-0.05, 0) is 55.8 Å². The van der Waals surface area contributed by atoms with Gasteiger partial charge in [-0.1, -0.05) is 84.9 Å². The van der Waals surface area contributed by atoms with Crippen LogP contribution < -0.4 is 0 Å². The number of allylic oxidation sites excluding steroid dienone is 1. The van der Waals surface area contributed by atoms with E-state index in [0.29, 0.717) is 0 Å². The third-order valence-corrected chi connectivity index (χ3v) is 8.04. The first-order chi connectivity index (χ1) is 17.1. The molecule has 4 heteroatoms. The van der Waals surface area contributed by atoms with Crippen LogP contribution in [-0.2, 0) is 0 Å². The molecular weight excluding hydrogens is 430 g/mol. The predicted molar refractivity (Wildman–Crippen MR) is 139 cm³/mol. The van der Waals surface area contributed by atoms with Gasteiger partial charge in [0.2, 0.25) is 0 Å². The van der Waals surface area contributed by atoms with Crippen molar-refractivity contribution in [2.45, 2.75) is 37.6 Å². The lowest BCUT2D eigenvalue weighted by molar-refractivity contribution is 0.0792. The summed E-state index contributed by atoms with van der Waals surface area (Å²) < 4.78 is 0. The van der Waals surface area contributed by atoms with Crippen LogP contribution in [0.3, 0.4) is 0 Å². The Balaban J connectivity index is 1.46. The minimum absolute atomic E-state index is 0.0501. The second kappa shape index (κ2) is 8.63. The minimum Gasteiger partial charge on any atom is -0.307 e. The van der Waals surface area contributed by atoms with Gasteiger partial charge in [-0.3, -0.25) is 14.6 Å². The summed E-state index contributed by atoms with van der Waals surface area (Å²) in [6, 6.07) is 30.1. The molecule has 0 saturated carbocycles. The number of hydrogen-bond acceptors (Lipinski definition) is 3. The Morgan fingerprint density at radius 3 is 1.89 bits per heavy atom. The number of carbonyl (C=O) groups is 1. The van der Waals surface area contributed by atoms with Crippen LogP contribution in [0.1, 0.15) is 58.5 Å². The van der Waals surface area contributed by atoms with Crippen LogP contribution in [0, 0.1) is 0 Å². The van der Waals surface area contributed by atoms with E-state index in [1.54, 1.807) is 0 Å². The van der Waals surface area contributed by atoms with Crippen LogP contribution in [-0.4, -0.2) is 40.9 Å².